The molecule has 0 saturated heterocycles. The molecular weight excluding hydrogens is 416 g/mol. The molecule has 0 atom stereocenters. The number of fused-ring (bicyclic) bond motifs is 3. The molecule has 5 rings (SSSR count). The first-order chi connectivity index (χ1) is 15.4. The summed E-state index contributed by atoms with van der Waals surface area (Å²) >= 11 is 6.09. The van der Waals surface area contributed by atoms with E-state index < -0.39 is 5.91 Å². The van der Waals surface area contributed by atoms with Gasteiger partial charge in [0.05, 0.1) is 11.0 Å². The van der Waals surface area contributed by atoms with Crippen molar-refractivity contribution in [1.82, 2.24) is 4.57 Å². The van der Waals surface area contributed by atoms with Gasteiger partial charge >= 0.3 is 0 Å². The molecule has 0 aliphatic heterocycles. The van der Waals surface area contributed by atoms with Gasteiger partial charge in [-0.2, -0.15) is 0 Å². The van der Waals surface area contributed by atoms with Crippen molar-refractivity contribution < 1.29 is 4.79 Å². The number of hydrogen-bond donors (Lipinski definition) is 1. The van der Waals surface area contributed by atoms with Crippen LogP contribution in [0.1, 0.15) is 27.0 Å². The lowest BCUT2D eigenvalue weighted by molar-refractivity contribution is 0.100. The fourth-order valence-electron chi connectivity index (χ4n) is 4.60. The summed E-state index contributed by atoms with van der Waals surface area (Å²) < 4.78 is 2.30. The summed E-state index contributed by atoms with van der Waals surface area (Å²) in [6.45, 7) is 5.00. The molecule has 1 aromatic heterocycles. The van der Waals surface area contributed by atoms with Crippen molar-refractivity contribution in [3.05, 3.63) is 106 Å². The molecule has 0 aliphatic carbocycles. The normalized spacial score (nSPS) is 11.3. The maximum absolute atomic E-state index is 12.3. The van der Waals surface area contributed by atoms with Gasteiger partial charge in [0.1, 0.15) is 0 Å². The Bertz CT molecular complexity index is 1480. The van der Waals surface area contributed by atoms with Crippen molar-refractivity contribution in [2.24, 2.45) is 5.73 Å². The molecule has 2 N–H and O–H groups in total. The molecule has 0 bridgehead atoms. The first-order valence-electron chi connectivity index (χ1n) is 10.6. The third-order valence-electron chi connectivity index (χ3n) is 6.29. The van der Waals surface area contributed by atoms with E-state index in [9.17, 15) is 4.79 Å². The molecule has 0 spiro atoms. The highest BCUT2D eigenvalue weighted by Crippen LogP contribution is 2.35. The number of amides is 1. The zero-order valence-corrected chi connectivity index (χ0v) is 18.8. The van der Waals surface area contributed by atoms with E-state index in [2.05, 4.69) is 60.9 Å². The number of aryl methyl sites for hydroxylation is 2. The smallest absolute Gasteiger partial charge is 0.249 e. The number of halogens is 1. The van der Waals surface area contributed by atoms with Crippen LogP contribution in [-0.2, 0) is 6.54 Å². The highest BCUT2D eigenvalue weighted by atomic mass is 35.5. The van der Waals surface area contributed by atoms with E-state index in [1.807, 2.05) is 30.3 Å². The minimum Gasteiger partial charge on any atom is -0.366 e. The second kappa shape index (κ2) is 7.85. The van der Waals surface area contributed by atoms with Crippen molar-refractivity contribution in [2.75, 3.05) is 0 Å². The van der Waals surface area contributed by atoms with Crippen molar-refractivity contribution in [2.45, 2.75) is 20.4 Å². The first kappa shape index (κ1) is 20.3. The van der Waals surface area contributed by atoms with Crippen LogP contribution in [0.5, 0.6) is 0 Å². The Hall–Kier alpha value is -3.56. The maximum atomic E-state index is 12.3. The third kappa shape index (κ3) is 3.35. The number of nitrogens with zero attached hydrogens (tertiary/aromatic N) is 1. The number of primary amides is 1. The Morgan fingerprint density at radius 2 is 1.50 bits per heavy atom. The van der Waals surface area contributed by atoms with Gasteiger partial charge in [-0.05, 0) is 72.0 Å². The zero-order valence-electron chi connectivity index (χ0n) is 18.0. The van der Waals surface area contributed by atoms with E-state index >= 15 is 0 Å². The van der Waals surface area contributed by atoms with Crippen molar-refractivity contribution in [1.29, 1.82) is 0 Å². The molecule has 32 heavy (non-hydrogen) atoms. The Morgan fingerprint density at radius 1 is 0.844 bits per heavy atom. The SMILES string of the molecule is Cc1cccc(C)c1Cn1c2cc(-c3ccc(Cl)cc3)ccc2c2c(C(N)=O)cccc21. The maximum Gasteiger partial charge on any atom is 0.249 e. The number of hydrogen-bond acceptors (Lipinski definition) is 1. The number of aromatic nitrogens is 1. The van der Waals surface area contributed by atoms with Crippen molar-refractivity contribution in [3.8, 4) is 11.1 Å². The summed E-state index contributed by atoms with van der Waals surface area (Å²) in [5.41, 5.74) is 14.4. The van der Waals surface area contributed by atoms with Crippen LogP contribution < -0.4 is 5.73 Å². The molecule has 158 valence electrons. The Labute approximate surface area is 192 Å². The van der Waals surface area contributed by atoms with Crippen LogP contribution in [0.25, 0.3) is 32.9 Å². The largest absolute Gasteiger partial charge is 0.366 e. The standard InChI is InChI=1S/C28H23ClN2O/c1-17-5-3-6-18(2)24(17)16-31-25-8-4-7-23(28(30)32)27(25)22-14-11-20(15-26(22)31)19-9-12-21(29)13-10-19/h3-15H,16H2,1-2H3,(H2,30,32). The van der Waals surface area contributed by atoms with E-state index in [1.54, 1.807) is 6.07 Å². The fraction of sp³-hybridized carbons (Fsp3) is 0.107. The van der Waals surface area contributed by atoms with Crippen LogP contribution in [0.3, 0.4) is 0 Å². The molecule has 0 unspecified atom stereocenters. The second-order valence-corrected chi connectivity index (χ2v) is 8.70. The summed E-state index contributed by atoms with van der Waals surface area (Å²) in [5.74, 6) is -0.413. The summed E-state index contributed by atoms with van der Waals surface area (Å²) in [6, 6.07) is 26.4. The van der Waals surface area contributed by atoms with E-state index in [0.717, 1.165) is 32.9 Å². The summed E-state index contributed by atoms with van der Waals surface area (Å²) in [4.78, 5) is 12.3. The molecule has 0 aliphatic rings. The molecule has 5 aromatic rings. The minimum atomic E-state index is -0.413. The van der Waals surface area contributed by atoms with Crippen LogP contribution in [0.15, 0.2) is 78.9 Å². The van der Waals surface area contributed by atoms with Crippen LogP contribution >= 0.6 is 11.6 Å². The van der Waals surface area contributed by atoms with Gasteiger partial charge in [-0.15, -0.1) is 0 Å². The monoisotopic (exact) mass is 438 g/mol. The Morgan fingerprint density at radius 3 is 2.19 bits per heavy atom. The predicted octanol–water partition coefficient (Wildman–Crippen LogP) is 6.88. The summed E-state index contributed by atoms with van der Waals surface area (Å²) in [7, 11) is 0. The molecule has 1 amide bonds. The highest BCUT2D eigenvalue weighted by Gasteiger charge is 2.18. The topological polar surface area (TPSA) is 48.0 Å². The molecule has 3 nitrogen and oxygen atoms in total. The second-order valence-electron chi connectivity index (χ2n) is 8.26. The number of nitrogens with two attached hydrogens (primary N) is 1. The van der Waals surface area contributed by atoms with Gasteiger partial charge in [-0.1, -0.05) is 60.1 Å². The zero-order chi connectivity index (χ0) is 22.4. The third-order valence-corrected chi connectivity index (χ3v) is 6.55. The average molecular weight is 439 g/mol. The van der Waals surface area contributed by atoms with Crippen molar-refractivity contribution in [3.63, 3.8) is 0 Å². The van der Waals surface area contributed by atoms with Crippen molar-refractivity contribution >= 4 is 39.3 Å². The van der Waals surface area contributed by atoms with Crippen LogP contribution in [0.4, 0.5) is 0 Å². The fourth-order valence-corrected chi connectivity index (χ4v) is 4.72. The van der Waals surface area contributed by atoms with Gasteiger partial charge in [0.15, 0.2) is 0 Å². The van der Waals surface area contributed by atoms with Gasteiger partial charge < -0.3 is 10.3 Å². The van der Waals surface area contributed by atoms with E-state index in [1.165, 1.54) is 16.7 Å². The lowest BCUT2D eigenvalue weighted by Crippen LogP contribution is -2.11. The molecular formula is C28H23ClN2O. The van der Waals surface area contributed by atoms with Crippen LogP contribution in [0, 0.1) is 13.8 Å². The van der Waals surface area contributed by atoms with Gasteiger partial charge in [-0.25, -0.2) is 0 Å². The molecule has 0 radical (unpaired) electrons. The van der Waals surface area contributed by atoms with Gasteiger partial charge in [0.2, 0.25) is 5.91 Å². The number of benzene rings is 4. The predicted molar refractivity (Wildman–Crippen MR) is 133 cm³/mol. The van der Waals surface area contributed by atoms with Gasteiger partial charge in [0.25, 0.3) is 0 Å². The number of carbonyl (C=O) groups excluding carboxylic acids is 1. The number of carbonyl (C=O) groups is 1. The Kier molecular flexibility index (Phi) is 4.99. The van der Waals surface area contributed by atoms with E-state index in [0.29, 0.717) is 17.1 Å². The van der Waals surface area contributed by atoms with Crippen LogP contribution in [-0.4, -0.2) is 10.5 Å². The number of rotatable bonds is 4. The summed E-state index contributed by atoms with van der Waals surface area (Å²) in [5, 5.41) is 2.65. The summed E-state index contributed by atoms with van der Waals surface area (Å²) in [6.07, 6.45) is 0. The first-order valence-corrected chi connectivity index (χ1v) is 11.0. The quantitative estimate of drug-likeness (QED) is 0.326. The molecule has 4 heteroatoms. The Balaban J connectivity index is 1.82. The lowest BCUT2D eigenvalue weighted by Gasteiger charge is -2.14. The molecule has 0 fully saturated rings. The highest BCUT2D eigenvalue weighted by molar-refractivity contribution is 6.30. The van der Waals surface area contributed by atoms with Crippen LogP contribution in [0.2, 0.25) is 5.02 Å². The average Bonchev–Trinajstić information content (AvgIpc) is 3.09. The molecule has 1 heterocycles. The lowest BCUT2D eigenvalue weighted by atomic mass is 10.0. The minimum absolute atomic E-state index is 0.413. The van der Waals surface area contributed by atoms with Gasteiger partial charge in [-0.3, -0.25) is 4.79 Å². The van der Waals surface area contributed by atoms with E-state index in [-0.39, 0.29) is 0 Å². The van der Waals surface area contributed by atoms with E-state index in [4.69, 9.17) is 17.3 Å². The van der Waals surface area contributed by atoms with Gasteiger partial charge in [0, 0.05) is 27.9 Å². The molecule has 0 saturated carbocycles. The molecule has 4 aromatic carbocycles.